The maximum Gasteiger partial charge on any atom is 0.128 e. The van der Waals surface area contributed by atoms with Crippen LogP contribution in [0, 0.1) is 11.8 Å². The molecule has 0 aromatic carbocycles. The number of anilines is 1. The molecule has 0 bridgehead atoms. The topological polar surface area (TPSA) is 25.4 Å². The van der Waals surface area contributed by atoms with Crippen molar-refractivity contribution in [3.8, 4) is 0 Å². The van der Waals surface area contributed by atoms with Crippen molar-refractivity contribution in [3.63, 3.8) is 0 Å². The lowest BCUT2D eigenvalue weighted by Crippen LogP contribution is -2.27. The minimum absolute atomic E-state index is 0.848. The highest BCUT2D eigenvalue weighted by molar-refractivity contribution is 5.38. The van der Waals surface area contributed by atoms with Gasteiger partial charge in [0.15, 0.2) is 0 Å². The summed E-state index contributed by atoms with van der Waals surface area (Å²) < 4.78 is 5.44. The molecule has 2 aliphatic rings. The lowest BCUT2D eigenvalue weighted by molar-refractivity contribution is 0.0500. The van der Waals surface area contributed by atoms with Gasteiger partial charge in [-0.1, -0.05) is 6.07 Å². The molecule has 0 aliphatic carbocycles. The van der Waals surface area contributed by atoms with Crippen LogP contribution < -0.4 is 4.90 Å². The molecule has 1 aromatic heterocycles. The number of hydrogen-bond donors (Lipinski definition) is 0. The number of rotatable bonds is 2. The van der Waals surface area contributed by atoms with Gasteiger partial charge in [0.05, 0.1) is 0 Å². The molecule has 17 heavy (non-hydrogen) atoms. The van der Waals surface area contributed by atoms with Crippen LogP contribution in [0.25, 0.3) is 0 Å². The standard InChI is InChI=1S/C14H20N2O/c1-2-7-15-14(3-1)16-8-4-13(11-16)12-5-9-17-10-6-12/h1-3,7,12-13H,4-6,8-11H2/t13-/m0/s1. The van der Waals surface area contributed by atoms with Crippen LogP contribution in [0.15, 0.2) is 24.4 Å². The Morgan fingerprint density at radius 1 is 1.12 bits per heavy atom. The molecule has 3 heterocycles. The van der Waals surface area contributed by atoms with Gasteiger partial charge in [-0.05, 0) is 43.2 Å². The Bertz CT molecular complexity index is 348. The van der Waals surface area contributed by atoms with E-state index < -0.39 is 0 Å². The Kier molecular flexibility index (Phi) is 3.27. The van der Waals surface area contributed by atoms with E-state index in [1.807, 2.05) is 12.3 Å². The average Bonchev–Trinajstić information content (AvgIpc) is 2.90. The van der Waals surface area contributed by atoms with E-state index in [4.69, 9.17) is 4.74 Å². The monoisotopic (exact) mass is 232 g/mol. The molecule has 0 saturated carbocycles. The number of pyridine rings is 1. The zero-order valence-corrected chi connectivity index (χ0v) is 10.2. The van der Waals surface area contributed by atoms with Crippen LogP contribution in [0.4, 0.5) is 5.82 Å². The quantitative estimate of drug-likeness (QED) is 0.782. The van der Waals surface area contributed by atoms with Gasteiger partial charge in [0, 0.05) is 32.5 Å². The van der Waals surface area contributed by atoms with Crippen molar-refractivity contribution in [2.45, 2.75) is 19.3 Å². The summed E-state index contributed by atoms with van der Waals surface area (Å²) in [7, 11) is 0. The van der Waals surface area contributed by atoms with E-state index in [2.05, 4.69) is 22.0 Å². The summed E-state index contributed by atoms with van der Waals surface area (Å²) in [6, 6.07) is 6.17. The minimum Gasteiger partial charge on any atom is -0.381 e. The molecule has 0 radical (unpaired) electrons. The summed E-state index contributed by atoms with van der Waals surface area (Å²) in [6.07, 6.45) is 5.71. The van der Waals surface area contributed by atoms with Crippen LogP contribution in [0.5, 0.6) is 0 Å². The fraction of sp³-hybridized carbons (Fsp3) is 0.643. The first kappa shape index (κ1) is 11.0. The second-order valence-electron chi connectivity index (χ2n) is 5.13. The molecule has 0 N–H and O–H groups in total. The van der Waals surface area contributed by atoms with Gasteiger partial charge in [-0.15, -0.1) is 0 Å². The predicted octanol–water partition coefficient (Wildman–Crippen LogP) is 2.33. The molecular weight excluding hydrogens is 212 g/mol. The summed E-state index contributed by atoms with van der Waals surface area (Å²) in [5, 5.41) is 0. The van der Waals surface area contributed by atoms with Crippen LogP contribution in [-0.2, 0) is 4.74 Å². The Morgan fingerprint density at radius 2 is 2.00 bits per heavy atom. The molecule has 2 fully saturated rings. The minimum atomic E-state index is 0.848. The van der Waals surface area contributed by atoms with Gasteiger partial charge in [-0.2, -0.15) is 0 Å². The Balaban J connectivity index is 1.61. The summed E-state index contributed by atoms with van der Waals surface area (Å²) in [5.41, 5.74) is 0. The van der Waals surface area contributed by atoms with Crippen molar-refractivity contribution < 1.29 is 4.74 Å². The van der Waals surface area contributed by atoms with Crippen LogP contribution >= 0.6 is 0 Å². The second-order valence-corrected chi connectivity index (χ2v) is 5.13. The Labute approximate surface area is 103 Å². The normalized spacial score (nSPS) is 26.4. The zero-order chi connectivity index (χ0) is 11.5. The molecule has 1 atom stereocenters. The third-order valence-electron chi connectivity index (χ3n) is 4.13. The fourth-order valence-electron chi connectivity index (χ4n) is 3.11. The van der Waals surface area contributed by atoms with Crippen LogP contribution in [0.3, 0.4) is 0 Å². The highest BCUT2D eigenvalue weighted by Gasteiger charge is 2.30. The van der Waals surface area contributed by atoms with E-state index >= 15 is 0 Å². The predicted molar refractivity (Wildman–Crippen MR) is 68.1 cm³/mol. The van der Waals surface area contributed by atoms with Crippen molar-refractivity contribution in [2.24, 2.45) is 11.8 Å². The second kappa shape index (κ2) is 5.05. The number of hydrogen-bond acceptors (Lipinski definition) is 3. The SMILES string of the molecule is c1ccc(N2CC[C@H](C3CCOCC3)C2)nc1. The van der Waals surface area contributed by atoms with E-state index in [0.29, 0.717) is 0 Å². The van der Waals surface area contributed by atoms with Crippen molar-refractivity contribution in [2.75, 3.05) is 31.2 Å². The van der Waals surface area contributed by atoms with Gasteiger partial charge >= 0.3 is 0 Å². The van der Waals surface area contributed by atoms with Crippen molar-refractivity contribution in [3.05, 3.63) is 24.4 Å². The lowest BCUT2D eigenvalue weighted by atomic mass is 9.85. The Hall–Kier alpha value is -1.09. The van der Waals surface area contributed by atoms with Crippen LogP contribution in [0.1, 0.15) is 19.3 Å². The molecule has 1 aromatic rings. The number of nitrogens with zero attached hydrogens (tertiary/aromatic N) is 2. The largest absolute Gasteiger partial charge is 0.381 e. The summed E-state index contributed by atoms with van der Waals surface area (Å²) in [6.45, 7) is 4.27. The molecule has 2 aliphatic heterocycles. The first-order valence-electron chi connectivity index (χ1n) is 6.67. The van der Waals surface area contributed by atoms with E-state index in [1.165, 1.54) is 32.4 Å². The van der Waals surface area contributed by atoms with Crippen molar-refractivity contribution in [1.82, 2.24) is 4.98 Å². The van der Waals surface area contributed by atoms with Gasteiger partial charge in [0.1, 0.15) is 5.82 Å². The maximum atomic E-state index is 5.44. The molecule has 3 nitrogen and oxygen atoms in total. The number of ether oxygens (including phenoxy) is 1. The van der Waals surface area contributed by atoms with Gasteiger partial charge in [-0.25, -0.2) is 4.98 Å². The third kappa shape index (κ3) is 2.44. The maximum absolute atomic E-state index is 5.44. The summed E-state index contributed by atoms with van der Waals surface area (Å²) in [5.74, 6) is 2.86. The molecular formula is C14H20N2O. The molecule has 0 spiro atoms. The number of aromatic nitrogens is 1. The summed E-state index contributed by atoms with van der Waals surface area (Å²) in [4.78, 5) is 6.87. The van der Waals surface area contributed by atoms with Crippen molar-refractivity contribution in [1.29, 1.82) is 0 Å². The molecule has 92 valence electrons. The van der Waals surface area contributed by atoms with Gasteiger partial charge in [0.2, 0.25) is 0 Å². The highest BCUT2D eigenvalue weighted by atomic mass is 16.5. The van der Waals surface area contributed by atoms with Gasteiger partial charge in [-0.3, -0.25) is 0 Å². The van der Waals surface area contributed by atoms with Gasteiger partial charge in [0.25, 0.3) is 0 Å². The van der Waals surface area contributed by atoms with Crippen molar-refractivity contribution >= 4 is 5.82 Å². The average molecular weight is 232 g/mol. The molecule has 0 amide bonds. The summed E-state index contributed by atoms with van der Waals surface area (Å²) >= 11 is 0. The van der Waals surface area contributed by atoms with Gasteiger partial charge < -0.3 is 9.64 Å². The van der Waals surface area contributed by atoms with E-state index in [-0.39, 0.29) is 0 Å². The fourth-order valence-corrected chi connectivity index (χ4v) is 3.11. The molecule has 2 saturated heterocycles. The lowest BCUT2D eigenvalue weighted by Gasteiger charge is -2.27. The van der Waals surface area contributed by atoms with Crippen LogP contribution in [0.2, 0.25) is 0 Å². The van der Waals surface area contributed by atoms with E-state index in [1.54, 1.807) is 0 Å². The smallest absolute Gasteiger partial charge is 0.128 e. The zero-order valence-electron chi connectivity index (χ0n) is 10.2. The third-order valence-corrected chi connectivity index (χ3v) is 4.13. The molecule has 0 unspecified atom stereocenters. The van der Waals surface area contributed by atoms with Crippen LogP contribution in [-0.4, -0.2) is 31.3 Å². The van der Waals surface area contributed by atoms with E-state index in [0.717, 1.165) is 30.9 Å². The first-order valence-corrected chi connectivity index (χ1v) is 6.67. The Morgan fingerprint density at radius 3 is 2.76 bits per heavy atom. The molecule has 3 rings (SSSR count). The first-order chi connectivity index (χ1) is 8.43. The van der Waals surface area contributed by atoms with E-state index in [9.17, 15) is 0 Å². The molecule has 3 heteroatoms. The highest BCUT2D eigenvalue weighted by Crippen LogP contribution is 2.32.